The first-order valence-corrected chi connectivity index (χ1v) is 4.06. The summed E-state index contributed by atoms with van der Waals surface area (Å²) in [7, 11) is 1.55. The predicted octanol–water partition coefficient (Wildman–Crippen LogP) is 1.23. The zero-order valence-corrected chi connectivity index (χ0v) is 7.57. The van der Waals surface area contributed by atoms with Gasteiger partial charge in [0.25, 0.3) is 0 Å². The monoisotopic (exact) mass is 195 g/mol. The summed E-state index contributed by atoms with van der Waals surface area (Å²) in [4.78, 5) is 15.9. The van der Waals surface area contributed by atoms with Gasteiger partial charge in [-0.15, -0.1) is 0 Å². The molecule has 5 heteroatoms. The fourth-order valence-corrected chi connectivity index (χ4v) is 1.18. The molecule has 0 aromatic heterocycles. The highest BCUT2D eigenvalue weighted by Crippen LogP contribution is 2.25. The Bertz CT molecular complexity index is 364. The van der Waals surface area contributed by atoms with E-state index in [9.17, 15) is 4.79 Å². The van der Waals surface area contributed by atoms with E-state index in [0.717, 1.165) is 5.56 Å². The Morgan fingerprint density at radius 3 is 3.14 bits per heavy atom. The van der Waals surface area contributed by atoms with Gasteiger partial charge in [0.1, 0.15) is 12.4 Å². The molecule has 14 heavy (non-hydrogen) atoms. The van der Waals surface area contributed by atoms with Crippen molar-refractivity contribution in [2.45, 2.75) is 6.61 Å². The lowest BCUT2D eigenvalue weighted by molar-refractivity contribution is 0.0966. The van der Waals surface area contributed by atoms with Gasteiger partial charge in [0.05, 0.1) is 7.11 Å². The van der Waals surface area contributed by atoms with E-state index in [1.165, 1.54) is 0 Å². The maximum absolute atomic E-state index is 10.9. The molecule has 0 unspecified atom stereocenters. The lowest BCUT2D eigenvalue weighted by Gasteiger charge is -2.06. The first-order chi connectivity index (χ1) is 6.79. The molecule has 74 valence electrons. The molecule has 3 rings (SSSR count). The number of carbonyl (C=O) groups excluding carboxylic acids is 1. The Kier molecular flexibility index (Phi) is 2.14. The molecule has 0 spiro atoms. The molecule has 1 aromatic carbocycles. The Labute approximate surface area is 80.5 Å². The van der Waals surface area contributed by atoms with Gasteiger partial charge in [-0.3, -0.25) is 0 Å². The summed E-state index contributed by atoms with van der Waals surface area (Å²) in [5, 5.41) is 0. The van der Waals surface area contributed by atoms with Gasteiger partial charge in [0.2, 0.25) is 0 Å². The van der Waals surface area contributed by atoms with Crippen molar-refractivity contribution in [1.82, 2.24) is 5.48 Å². The highest BCUT2D eigenvalue weighted by atomic mass is 16.7. The minimum absolute atomic E-state index is 0.165. The van der Waals surface area contributed by atoms with E-state index in [0.29, 0.717) is 11.5 Å². The lowest BCUT2D eigenvalue weighted by atomic mass is 10.2. The van der Waals surface area contributed by atoms with Crippen molar-refractivity contribution in [1.29, 1.82) is 0 Å². The van der Waals surface area contributed by atoms with Crippen molar-refractivity contribution in [2.24, 2.45) is 0 Å². The van der Waals surface area contributed by atoms with Gasteiger partial charge in [-0.2, -0.15) is 5.48 Å². The normalized spacial score (nSPS) is 14.2. The molecule has 0 saturated heterocycles. The summed E-state index contributed by atoms with van der Waals surface area (Å²) in [6.07, 6.45) is -0.616. The summed E-state index contributed by atoms with van der Waals surface area (Å²) < 4.78 is 9.93. The number of benzene rings is 1. The van der Waals surface area contributed by atoms with E-state index < -0.39 is 6.09 Å². The van der Waals surface area contributed by atoms with Crippen LogP contribution in [0.2, 0.25) is 0 Å². The van der Waals surface area contributed by atoms with Crippen molar-refractivity contribution in [3.63, 3.8) is 0 Å². The quantitative estimate of drug-likeness (QED) is 0.732. The van der Waals surface area contributed by atoms with Gasteiger partial charge in [-0.25, -0.2) is 4.79 Å². The van der Waals surface area contributed by atoms with Gasteiger partial charge in [-0.1, -0.05) is 0 Å². The molecule has 2 aliphatic rings. The molecular formula is C9H9NO4. The molecule has 1 aromatic rings. The molecule has 0 fully saturated rings. The summed E-state index contributed by atoms with van der Waals surface area (Å²) in [6.45, 7) is 0.165. The van der Waals surface area contributed by atoms with Crippen LogP contribution in [0, 0.1) is 0 Å². The predicted molar refractivity (Wildman–Crippen MR) is 46.9 cm³/mol. The number of nitrogens with one attached hydrogen (secondary N) is 1. The van der Waals surface area contributed by atoms with Gasteiger partial charge in [0.15, 0.2) is 5.75 Å². The Morgan fingerprint density at radius 1 is 1.50 bits per heavy atom. The maximum Gasteiger partial charge on any atom is 0.440 e. The van der Waals surface area contributed by atoms with Crippen LogP contribution in [0.5, 0.6) is 11.5 Å². The minimum atomic E-state index is -0.616. The number of amides is 1. The molecule has 0 aliphatic carbocycles. The Balaban J connectivity index is 2.37. The Hall–Kier alpha value is -1.91. The standard InChI is InChI=1S/C9H9NO4/c1-12-8-4-7-3-2-6(8)5-13-9(11)10-14-7/h2-4H,5H2,1H3,(H,10,11). The number of methoxy groups -OCH3 is 1. The second-order valence-corrected chi connectivity index (χ2v) is 2.75. The average Bonchev–Trinajstić information content (AvgIpc) is 2.35. The number of rotatable bonds is 1. The second kappa shape index (κ2) is 3.45. The molecule has 2 bridgehead atoms. The van der Waals surface area contributed by atoms with E-state index in [1.54, 1.807) is 25.3 Å². The minimum Gasteiger partial charge on any atom is -0.496 e. The van der Waals surface area contributed by atoms with E-state index in [4.69, 9.17) is 14.3 Å². The van der Waals surface area contributed by atoms with Gasteiger partial charge < -0.3 is 14.3 Å². The molecule has 5 nitrogen and oxygen atoms in total. The van der Waals surface area contributed by atoms with Gasteiger partial charge >= 0.3 is 6.09 Å². The molecule has 2 heterocycles. The number of hydrogen-bond donors (Lipinski definition) is 1. The average molecular weight is 195 g/mol. The first-order valence-electron chi connectivity index (χ1n) is 4.06. The van der Waals surface area contributed by atoms with Crippen LogP contribution in [0.3, 0.4) is 0 Å². The zero-order valence-electron chi connectivity index (χ0n) is 7.57. The van der Waals surface area contributed by atoms with E-state index in [-0.39, 0.29) is 6.61 Å². The summed E-state index contributed by atoms with van der Waals surface area (Å²) >= 11 is 0. The fraction of sp³-hybridized carbons (Fsp3) is 0.222. The third-order valence-electron chi connectivity index (χ3n) is 1.87. The number of fused-ring (bicyclic) bond motifs is 6. The van der Waals surface area contributed by atoms with Crippen LogP contribution in [-0.4, -0.2) is 13.2 Å². The summed E-state index contributed by atoms with van der Waals surface area (Å²) in [6, 6.07) is 5.20. The van der Waals surface area contributed by atoms with Crippen molar-refractivity contribution in [3.8, 4) is 11.5 Å². The molecule has 0 saturated carbocycles. The van der Waals surface area contributed by atoms with Gasteiger partial charge in [-0.05, 0) is 12.1 Å². The molecule has 1 N–H and O–H groups in total. The van der Waals surface area contributed by atoms with Crippen molar-refractivity contribution < 1.29 is 19.1 Å². The zero-order chi connectivity index (χ0) is 9.97. The highest BCUT2D eigenvalue weighted by Gasteiger charge is 2.12. The SMILES string of the molecule is COc1cc2ccc1COC(=O)NO2. The Morgan fingerprint density at radius 2 is 2.36 bits per heavy atom. The molecule has 2 aliphatic heterocycles. The second-order valence-electron chi connectivity index (χ2n) is 2.75. The van der Waals surface area contributed by atoms with Crippen LogP contribution in [0.4, 0.5) is 4.79 Å². The molecule has 0 atom stereocenters. The molecular weight excluding hydrogens is 186 g/mol. The number of carbonyl (C=O) groups is 1. The third-order valence-corrected chi connectivity index (χ3v) is 1.87. The van der Waals surface area contributed by atoms with Crippen molar-refractivity contribution >= 4 is 6.09 Å². The van der Waals surface area contributed by atoms with Crippen LogP contribution in [-0.2, 0) is 11.3 Å². The highest BCUT2D eigenvalue weighted by molar-refractivity contribution is 5.66. The fourth-order valence-electron chi connectivity index (χ4n) is 1.18. The number of ether oxygens (including phenoxy) is 2. The van der Waals surface area contributed by atoms with Crippen molar-refractivity contribution in [3.05, 3.63) is 23.8 Å². The van der Waals surface area contributed by atoms with Crippen LogP contribution < -0.4 is 15.1 Å². The van der Waals surface area contributed by atoms with Crippen LogP contribution in [0.25, 0.3) is 0 Å². The number of hydrogen-bond acceptors (Lipinski definition) is 4. The topological polar surface area (TPSA) is 56.8 Å². The summed E-state index contributed by atoms with van der Waals surface area (Å²) in [5.74, 6) is 1.14. The number of hydroxylamine groups is 1. The molecule has 1 amide bonds. The van der Waals surface area contributed by atoms with Gasteiger partial charge in [0, 0.05) is 11.6 Å². The van der Waals surface area contributed by atoms with E-state index in [2.05, 4.69) is 5.48 Å². The third kappa shape index (κ3) is 1.56. The van der Waals surface area contributed by atoms with Crippen LogP contribution in [0.15, 0.2) is 18.2 Å². The van der Waals surface area contributed by atoms with Crippen LogP contribution >= 0.6 is 0 Å². The van der Waals surface area contributed by atoms with E-state index in [1.807, 2.05) is 0 Å². The largest absolute Gasteiger partial charge is 0.496 e. The first kappa shape index (κ1) is 8.68. The molecule has 0 radical (unpaired) electrons. The van der Waals surface area contributed by atoms with Crippen molar-refractivity contribution in [2.75, 3.05) is 7.11 Å². The summed E-state index contributed by atoms with van der Waals surface area (Å²) in [5.41, 5.74) is 2.94. The van der Waals surface area contributed by atoms with Crippen LogP contribution in [0.1, 0.15) is 5.56 Å². The lowest BCUT2D eigenvalue weighted by Crippen LogP contribution is -2.26. The maximum atomic E-state index is 10.9. The van der Waals surface area contributed by atoms with E-state index >= 15 is 0 Å². The smallest absolute Gasteiger partial charge is 0.440 e.